The Morgan fingerprint density at radius 3 is 2.54 bits per heavy atom. The molecule has 1 unspecified atom stereocenters. The van der Waals surface area contributed by atoms with E-state index in [4.69, 9.17) is 0 Å². The van der Waals surface area contributed by atoms with E-state index in [1.807, 2.05) is 37.3 Å². The van der Waals surface area contributed by atoms with Crippen LogP contribution in [0.1, 0.15) is 24.8 Å². The number of halogens is 1. The standard InChI is InChI=1S/C18H16FN3OS/c1-2-15(12-6-4-3-5-7-12)17(23)20-18-16(21-22-24-18)13-8-10-14(19)11-9-13/h3-11,15H,2H2,1H3,(H,20,23). The zero-order valence-electron chi connectivity index (χ0n) is 13.1. The van der Waals surface area contributed by atoms with Gasteiger partial charge in [0.05, 0.1) is 5.92 Å². The third-order valence-electron chi connectivity index (χ3n) is 3.77. The lowest BCUT2D eigenvalue weighted by molar-refractivity contribution is -0.117. The van der Waals surface area contributed by atoms with Crippen molar-refractivity contribution in [3.8, 4) is 11.3 Å². The van der Waals surface area contributed by atoms with E-state index >= 15 is 0 Å². The molecule has 122 valence electrons. The number of benzene rings is 2. The monoisotopic (exact) mass is 341 g/mol. The van der Waals surface area contributed by atoms with Crippen LogP contribution < -0.4 is 5.32 Å². The number of amides is 1. The molecule has 1 atom stereocenters. The van der Waals surface area contributed by atoms with Crippen LogP contribution in [0.4, 0.5) is 9.39 Å². The Hall–Kier alpha value is -2.60. The van der Waals surface area contributed by atoms with Crippen LogP contribution in [-0.4, -0.2) is 15.5 Å². The van der Waals surface area contributed by atoms with Gasteiger partial charge in [-0.25, -0.2) is 4.39 Å². The highest BCUT2D eigenvalue weighted by Crippen LogP contribution is 2.30. The Morgan fingerprint density at radius 1 is 1.17 bits per heavy atom. The first-order valence-corrected chi connectivity index (χ1v) is 8.40. The summed E-state index contributed by atoms with van der Waals surface area (Å²) in [5, 5.41) is 7.54. The van der Waals surface area contributed by atoms with Crippen molar-refractivity contribution in [1.29, 1.82) is 0 Å². The molecule has 1 aromatic heterocycles. The summed E-state index contributed by atoms with van der Waals surface area (Å²) in [5.41, 5.74) is 2.24. The maximum absolute atomic E-state index is 13.1. The van der Waals surface area contributed by atoms with Crippen molar-refractivity contribution in [2.24, 2.45) is 0 Å². The van der Waals surface area contributed by atoms with Crippen molar-refractivity contribution in [2.45, 2.75) is 19.3 Å². The van der Waals surface area contributed by atoms with Crippen molar-refractivity contribution in [2.75, 3.05) is 5.32 Å². The Labute approximate surface area is 143 Å². The topological polar surface area (TPSA) is 54.9 Å². The molecule has 2 aromatic carbocycles. The molecule has 0 fully saturated rings. The number of rotatable bonds is 5. The minimum Gasteiger partial charge on any atom is -0.314 e. The van der Waals surface area contributed by atoms with Gasteiger partial charge in [0.15, 0.2) is 0 Å². The molecule has 0 radical (unpaired) electrons. The number of aromatic nitrogens is 2. The lowest BCUT2D eigenvalue weighted by Crippen LogP contribution is -2.20. The Kier molecular flexibility index (Phi) is 4.96. The van der Waals surface area contributed by atoms with Gasteiger partial charge in [-0.05, 0) is 36.2 Å². The van der Waals surface area contributed by atoms with Crippen LogP contribution in [-0.2, 0) is 4.79 Å². The van der Waals surface area contributed by atoms with Crippen LogP contribution in [0, 0.1) is 5.82 Å². The van der Waals surface area contributed by atoms with Crippen molar-refractivity contribution >= 4 is 22.4 Å². The molecule has 0 aliphatic carbocycles. The van der Waals surface area contributed by atoms with Gasteiger partial charge in [0.25, 0.3) is 0 Å². The molecular formula is C18H16FN3OS. The fraction of sp³-hybridized carbons (Fsp3) is 0.167. The first-order valence-electron chi connectivity index (χ1n) is 7.63. The zero-order chi connectivity index (χ0) is 16.9. The Bertz CT molecular complexity index is 818. The highest BCUT2D eigenvalue weighted by atomic mass is 32.1. The normalized spacial score (nSPS) is 11.9. The molecule has 0 saturated carbocycles. The fourth-order valence-electron chi connectivity index (χ4n) is 2.53. The van der Waals surface area contributed by atoms with Gasteiger partial charge in [-0.3, -0.25) is 4.79 Å². The number of anilines is 1. The second-order valence-corrected chi connectivity index (χ2v) is 6.07. The summed E-state index contributed by atoms with van der Waals surface area (Å²) in [6, 6.07) is 15.6. The van der Waals surface area contributed by atoms with Gasteiger partial charge < -0.3 is 5.32 Å². The summed E-state index contributed by atoms with van der Waals surface area (Å²) in [4.78, 5) is 12.7. The summed E-state index contributed by atoms with van der Waals surface area (Å²) in [6.07, 6.45) is 0.688. The molecule has 4 nitrogen and oxygen atoms in total. The first kappa shape index (κ1) is 16.3. The molecule has 0 saturated heterocycles. The highest BCUT2D eigenvalue weighted by Gasteiger charge is 2.21. The van der Waals surface area contributed by atoms with E-state index < -0.39 is 0 Å². The lowest BCUT2D eigenvalue weighted by Gasteiger charge is -2.14. The summed E-state index contributed by atoms with van der Waals surface area (Å²) in [7, 11) is 0. The minimum absolute atomic E-state index is 0.0990. The van der Waals surface area contributed by atoms with Gasteiger partial charge in [0.2, 0.25) is 5.91 Å². The van der Waals surface area contributed by atoms with E-state index in [2.05, 4.69) is 14.9 Å². The zero-order valence-corrected chi connectivity index (χ0v) is 13.9. The van der Waals surface area contributed by atoms with Crippen LogP contribution in [0.2, 0.25) is 0 Å². The summed E-state index contributed by atoms with van der Waals surface area (Å²) >= 11 is 1.11. The summed E-state index contributed by atoms with van der Waals surface area (Å²) in [6.45, 7) is 1.98. The van der Waals surface area contributed by atoms with Crippen LogP contribution in [0.25, 0.3) is 11.3 Å². The van der Waals surface area contributed by atoms with Crippen LogP contribution >= 0.6 is 11.5 Å². The van der Waals surface area contributed by atoms with Gasteiger partial charge in [0, 0.05) is 17.1 Å². The van der Waals surface area contributed by atoms with Crippen molar-refractivity contribution in [3.05, 3.63) is 66.0 Å². The van der Waals surface area contributed by atoms with Crippen molar-refractivity contribution in [1.82, 2.24) is 9.59 Å². The predicted molar refractivity (Wildman–Crippen MR) is 93.4 cm³/mol. The predicted octanol–water partition coefficient (Wildman–Crippen LogP) is 4.48. The highest BCUT2D eigenvalue weighted by molar-refractivity contribution is 7.10. The average molecular weight is 341 g/mol. The van der Waals surface area contributed by atoms with Gasteiger partial charge in [-0.15, -0.1) is 5.10 Å². The summed E-state index contributed by atoms with van der Waals surface area (Å²) in [5.74, 6) is -0.657. The van der Waals surface area contributed by atoms with Gasteiger partial charge in [0.1, 0.15) is 16.5 Å². The molecule has 0 aliphatic heterocycles. The summed E-state index contributed by atoms with van der Waals surface area (Å²) < 4.78 is 17.0. The Balaban J connectivity index is 1.82. The third-order valence-corrected chi connectivity index (χ3v) is 4.41. The molecule has 0 aliphatic rings. The van der Waals surface area contributed by atoms with E-state index in [1.165, 1.54) is 12.1 Å². The van der Waals surface area contributed by atoms with E-state index in [-0.39, 0.29) is 17.6 Å². The SMILES string of the molecule is CCC(C(=O)Nc1snnc1-c1ccc(F)cc1)c1ccccc1. The maximum atomic E-state index is 13.1. The van der Waals surface area contributed by atoms with Crippen LogP contribution in [0.15, 0.2) is 54.6 Å². The molecular weight excluding hydrogens is 325 g/mol. The van der Waals surface area contributed by atoms with Gasteiger partial charge >= 0.3 is 0 Å². The second-order valence-electron chi connectivity index (χ2n) is 5.32. The van der Waals surface area contributed by atoms with Crippen LogP contribution in [0.5, 0.6) is 0 Å². The first-order chi connectivity index (χ1) is 11.7. The molecule has 1 heterocycles. The van der Waals surface area contributed by atoms with Crippen molar-refractivity contribution < 1.29 is 9.18 Å². The van der Waals surface area contributed by atoms with E-state index in [9.17, 15) is 9.18 Å². The molecule has 0 bridgehead atoms. The second kappa shape index (κ2) is 7.31. The Morgan fingerprint density at radius 2 is 1.88 bits per heavy atom. The number of nitrogens with zero attached hydrogens (tertiary/aromatic N) is 2. The fourth-order valence-corrected chi connectivity index (χ4v) is 3.12. The van der Waals surface area contributed by atoms with E-state index in [0.717, 1.165) is 17.1 Å². The number of nitrogens with one attached hydrogen (secondary N) is 1. The lowest BCUT2D eigenvalue weighted by atomic mass is 9.96. The average Bonchev–Trinajstić information content (AvgIpc) is 3.05. The van der Waals surface area contributed by atoms with E-state index in [0.29, 0.717) is 22.7 Å². The molecule has 3 aromatic rings. The largest absolute Gasteiger partial charge is 0.314 e. The molecule has 3 rings (SSSR count). The quantitative estimate of drug-likeness (QED) is 0.744. The number of hydrogen-bond acceptors (Lipinski definition) is 4. The van der Waals surface area contributed by atoms with Crippen molar-refractivity contribution in [3.63, 3.8) is 0 Å². The molecule has 0 spiro atoms. The molecule has 1 N–H and O–H groups in total. The molecule has 6 heteroatoms. The van der Waals surface area contributed by atoms with Gasteiger partial charge in [-0.2, -0.15) is 0 Å². The molecule has 24 heavy (non-hydrogen) atoms. The van der Waals surface area contributed by atoms with E-state index in [1.54, 1.807) is 12.1 Å². The number of hydrogen-bond donors (Lipinski definition) is 1. The number of carbonyl (C=O) groups excluding carboxylic acids is 1. The minimum atomic E-state index is -0.317. The maximum Gasteiger partial charge on any atom is 0.232 e. The third kappa shape index (κ3) is 3.49. The van der Waals surface area contributed by atoms with Gasteiger partial charge in [-0.1, -0.05) is 41.7 Å². The van der Waals surface area contributed by atoms with Crippen LogP contribution in [0.3, 0.4) is 0 Å². The number of carbonyl (C=O) groups is 1. The molecule has 1 amide bonds. The smallest absolute Gasteiger partial charge is 0.232 e.